The first-order valence-electron chi connectivity index (χ1n) is 10.2. The van der Waals surface area contributed by atoms with Gasteiger partial charge in [0.25, 0.3) is 0 Å². The number of carbonyl (C=O) groups is 3. The van der Waals surface area contributed by atoms with E-state index < -0.39 is 43.8 Å². The zero-order valence-corrected chi connectivity index (χ0v) is 20.4. The first-order chi connectivity index (χ1) is 14.3. The van der Waals surface area contributed by atoms with Crippen molar-refractivity contribution in [2.45, 2.75) is 70.8 Å². The van der Waals surface area contributed by atoms with E-state index in [-0.39, 0.29) is 17.9 Å². The molecule has 1 aromatic carbocycles. The van der Waals surface area contributed by atoms with E-state index in [1.54, 1.807) is 6.07 Å². The van der Waals surface area contributed by atoms with Gasteiger partial charge in [0.05, 0.1) is 7.11 Å². The van der Waals surface area contributed by atoms with E-state index in [2.05, 4.69) is 56.0 Å². The van der Waals surface area contributed by atoms with Crippen LogP contribution in [0.4, 0.5) is 4.39 Å². The quantitative estimate of drug-likeness (QED) is 0.382. The molecule has 0 radical (unpaired) electrons. The number of esters is 1. The van der Waals surface area contributed by atoms with E-state index >= 15 is 0 Å². The summed E-state index contributed by atoms with van der Waals surface area (Å²) in [6.45, 7) is 12.0. The fraction of sp³-hybridized carbons (Fsp3) is 0.522. The summed E-state index contributed by atoms with van der Waals surface area (Å²) in [5.41, 5.74) is 3.85. The van der Waals surface area contributed by atoms with Crippen molar-refractivity contribution >= 4 is 25.9 Å². The van der Waals surface area contributed by atoms with Gasteiger partial charge in [0, 0.05) is 19.8 Å². The summed E-state index contributed by atoms with van der Waals surface area (Å²) in [6, 6.07) is 3.84. The Morgan fingerprint density at radius 3 is 2.32 bits per heavy atom. The molecule has 0 aliphatic carbocycles. The Balaban J connectivity index is 3.01. The van der Waals surface area contributed by atoms with E-state index in [1.807, 2.05) is 0 Å². The van der Waals surface area contributed by atoms with Gasteiger partial charge in [-0.05, 0) is 22.7 Å². The molecule has 1 aromatic rings. The summed E-state index contributed by atoms with van der Waals surface area (Å²) in [4.78, 5) is 36.7. The Kier molecular flexibility index (Phi) is 9.44. The van der Waals surface area contributed by atoms with Crippen molar-refractivity contribution in [1.29, 1.82) is 0 Å². The fourth-order valence-corrected chi connectivity index (χ4v) is 3.44. The van der Waals surface area contributed by atoms with E-state index in [0.29, 0.717) is 5.56 Å². The maximum absolute atomic E-state index is 13.5. The van der Waals surface area contributed by atoms with Crippen LogP contribution in [0.2, 0.25) is 18.1 Å². The van der Waals surface area contributed by atoms with Crippen LogP contribution in [0, 0.1) is 17.3 Å². The van der Waals surface area contributed by atoms with Crippen molar-refractivity contribution in [3.05, 3.63) is 35.6 Å². The Morgan fingerprint density at radius 1 is 1.16 bits per heavy atom. The average molecular weight is 449 g/mol. The average Bonchev–Trinajstić information content (AvgIpc) is 2.64. The molecule has 0 heterocycles. The van der Waals surface area contributed by atoms with Gasteiger partial charge in [-0.15, -0.1) is 11.5 Å². The second-order valence-electron chi connectivity index (χ2n) is 9.05. The smallest absolute Gasteiger partial charge is 0.329 e. The van der Waals surface area contributed by atoms with E-state index in [1.165, 1.54) is 32.2 Å². The predicted molar refractivity (Wildman–Crippen MR) is 121 cm³/mol. The van der Waals surface area contributed by atoms with Gasteiger partial charge in [-0.2, -0.15) is 0 Å². The summed E-state index contributed by atoms with van der Waals surface area (Å²) in [6.07, 6.45) is 0.171. The van der Waals surface area contributed by atoms with Gasteiger partial charge in [-0.1, -0.05) is 46.0 Å². The third-order valence-electron chi connectivity index (χ3n) is 5.41. The molecular weight excluding hydrogens is 415 g/mol. The summed E-state index contributed by atoms with van der Waals surface area (Å²) < 4.78 is 18.3. The largest absolute Gasteiger partial charge is 0.467 e. The number of carbonyl (C=O) groups excluding carboxylic acids is 3. The number of ether oxygens (including phenoxy) is 1. The van der Waals surface area contributed by atoms with Crippen LogP contribution in [0.15, 0.2) is 24.3 Å². The Morgan fingerprint density at radius 2 is 1.81 bits per heavy atom. The highest BCUT2D eigenvalue weighted by molar-refractivity contribution is 6.87. The molecule has 0 spiro atoms. The van der Waals surface area contributed by atoms with Crippen molar-refractivity contribution in [1.82, 2.24) is 10.6 Å². The molecule has 2 atom stereocenters. The van der Waals surface area contributed by atoms with Crippen LogP contribution in [-0.4, -0.2) is 45.1 Å². The van der Waals surface area contributed by atoms with Gasteiger partial charge in [0.15, 0.2) is 0 Å². The minimum absolute atomic E-state index is 0.0610. The number of nitrogens with one attached hydrogen (secondary N) is 2. The van der Waals surface area contributed by atoms with Gasteiger partial charge in [0.1, 0.15) is 26.0 Å². The lowest BCUT2D eigenvalue weighted by atomic mass is 10.0. The van der Waals surface area contributed by atoms with Crippen LogP contribution >= 0.6 is 0 Å². The van der Waals surface area contributed by atoms with Crippen molar-refractivity contribution in [3.8, 4) is 11.5 Å². The fourth-order valence-electron chi connectivity index (χ4n) is 2.52. The number of benzene rings is 1. The van der Waals surface area contributed by atoms with E-state index in [9.17, 15) is 18.8 Å². The van der Waals surface area contributed by atoms with Crippen LogP contribution in [0.25, 0.3) is 0 Å². The zero-order chi connectivity index (χ0) is 23.8. The van der Waals surface area contributed by atoms with Crippen LogP contribution in [0.5, 0.6) is 0 Å². The lowest BCUT2D eigenvalue weighted by Gasteiger charge is -2.31. The molecule has 1 rings (SSSR count). The first-order valence-corrected chi connectivity index (χ1v) is 13.2. The third-order valence-corrected chi connectivity index (χ3v) is 9.96. The van der Waals surface area contributed by atoms with Crippen molar-refractivity contribution in [2.24, 2.45) is 0 Å². The maximum Gasteiger partial charge on any atom is 0.329 e. The molecule has 6 nitrogen and oxygen atoms in total. The predicted octanol–water partition coefficient (Wildman–Crippen LogP) is 2.97. The molecule has 170 valence electrons. The normalized spacial score (nSPS) is 13.3. The Hall–Kier alpha value is -2.66. The molecule has 0 aromatic heterocycles. The molecule has 0 aliphatic heterocycles. The molecule has 0 saturated carbocycles. The molecular formula is C23H33FN2O4Si. The number of methoxy groups -OCH3 is 1. The Labute approximate surface area is 185 Å². The second kappa shape index (κ2) is 11.1. The van der Waals surface area contributed by atoms with Gasteiger partial charge < -0.3 is 15.4 Å². The van der Waals surface area contributed by atoms with E-state index in [0.717, 1.165) is 0 Å². The highest BCUT2D eigenvalue weighted by atomic mass is 28.3. The molecule has 2 N–H and O–H groups in total. The molecule has 0 bridgehead atoms. The molecule has 0 saturated heterocycles. The van der Waals surface area contributed by atoms with Crippen LogP contribution in [0.1, 0.15) is 39.7 Å². The van der Waals surface area contributed by atoms with Gasteiger partial charge in [0.2, 0.25) is 11.8 Å². The third kappa shape index (κ3) is 8.54. The second-order valence-corrected chi connectivity index (χ2v) is 14.1. The van der Waals surface area contributed by atoms with Crippen molar-refractivity contribution in [3.63, 3.8) is 0 Å². The molecule has 31 heavy (non-hydrogen) atoms. The highest BCUT2D eigenvalue weighted by Crippen LogP contribution is 2.35. The first kappa shape index (κ1) is 26.4. The van der Waals surface area contributed by atoms with Crippen LogP contribution < -0.4 is 10.6 Å². The number of hydrogen-bond acceptors (Lipinski definition) is 4. The summed E-state index contributed by atoms with van der Waals surface area (Å²) >= 11 is 0. The lowest BCUT2D eigenvalue weighted by Crippen LogP contribution is -2.52. The standard InChI is InChI=1S/C23H33FN2O4Si/c1-16(27)25-20(15-17-10-8-11-18(24)14-17)21(28)26-19(22(29)30-5)12-9-13-31(6,7)23(2,3)4/h8,10-11,14,19-20H,12,15H2,1-7H3,(H,25,27)(H,26,28)/t19-,20-/m0/s1. The topological polar surface area (TPSA) is 84.5 Å². The molecule has 2 amide bonds. The number of halogens is 1. The van der Waals surface area contributed by atoms with Gasteiger partial charge in [-0.3, -0.25) is 9.59 Å². The molecule has 8 heteroatoms. The number of rotatable bonds is 7. The maximum atomic E-state index is 13.5. The lowest BCUT2D eigenvalue weighted by molar-refractivity contribution is -0.145. The minimum Gasteiger partial charge on any atom is -0.467 e. The van der Waals surface area contributed by atoms with Crippen LogP contribution in [-0.2, 0) is 25.5 Å². The minimum atomic E-state index is -1.88. The van der Waals surface area contributed by atoms with E-state index in [4.69, 9.17) is 4.74 Å². The monoisotopic (exact) mass is 448 g/mol. The summed E-state index contributed by atoms with van der Waals surface area (Å²) in [7, 11) is -0.638. The summed E-state index contributed by atoms with van der Waals surface area (Å²) in [5, 5.41) is 5.24. The van der Waals surface area contributed by atoms with Gasteiger partial charge in [-0.25, -0.2) is 9.18 Å². The molecule has 0 unspecified atom stereocenters. The Bertz CT molecular complexity index is 868. The molecule has 0 fully saturated rings. The van der Waals surface area contributed by atoms with Crippen LogP contribution in [0.3, 0.4) is 0 Å². The van der Waals surface area contributed by atoms with Gasteiger partial charge >= 0.3 is 5.97 Å². The molecule has 0 aliphatic rings. The summed E-state index contributed by atoms with van der Waals surface area (Å²) in [5.74, 6) is 1.01. The van der Waals surface area contributed by atoms with Crippen molar-refractivity contribution < 1.29 is 23.5 Å². The zero-order valence-electron chi connectivity index (χ0n) is 19.4. The number of amides is 2. The highest BCUT2D eigenvalue weighted by Gasteiger charge is 2.34. The van der Waals surface area contributed by atoms with Crippen molar-refractivity contribution in [2.75, 3.05) is 7.11 Å². The number of hydrogen-bond donors (Lipinski definition) is 2. The SMILES string of the molecule is COC(=O)[C@H](CC#C[Si](C)(C)C(C)(C)C)NC(=O)[C@H](Cc1cccc(F)c1)NC(C)=O.